The zero-order chi connectivity index (χ0) is 13.0. The zero-order valence-electron chi connectivity index (χ0n) is 9.99. The molecule has 0 spiro atoms. The number of carbonyl (C=O) groups excluding carboxylic acids is 2. The molecule has 96 valence electrons. The third-order valence-electron chi connectivity index (χ3n) is 2.97. The topological polar surface area (TPSA) is 49.4 Å². The number of alkyl halides is 1. The summed E-state index contributed by atoms with van der Waals surface area (Å²) in [5.74, 6) is -0.676. The molecule has 0 atom stereocenters. The Balaban J connectivity index is 2.22. The van der Waals surface area contributed by atoms with Gasteiger partial charge in [0.05, 0.1) is 0 Å². The Labute approximate surface area is 111 Å². The van der Waals surface area contributed by atoms with Crippen molar-refractivity contribution in [3.63, 3.8) is 0 Å². The number of imide groups is 1. The van der Waals surface area contributed by atoms with Crippen molar-refractivity contribution in [3.05, 3.63) is 29.8 Å². The number of hydrogen-bond acceptors (Lipinski definition) is 2. The zero-order valence-corrected chi connectivity index (χ0v) is 10.7. The Kier molecular flexibility index (Phi) is 4.20. The van der Waals surface area contributed by atoms with E-state index in [-0.39, 0.29) is 5.88 Å². The molecule has 2 rings (SSSR count). The fraction of sp³-hybridized carbons (Fsp3) is 0.385. The van der Waals surface area contributed by atoms with Crippen LogP contribution in [0.25, 0.3) is 0 Å². The molecule has 1 aromatic carbocycles. The SMILES string of the molecule is O=C(CCl)NC(=O)N1CCCCc2ccccc21. The van der Waals surface area contributed by atoms with Crippen molar-refractivity contribution in [3.8, 4) is 0 Å². The number of aryl methyl sites for hydroxylation is 1. The van der Waals surface area contributed by atoms with Crippen LogP contribution in [0.3, 0.4) is 0 Å². The predicted octanol–water partition coefficient (Wildman–Crippen LogP) is 2.30. The number of benzene rings is 1. The standard InChI is InChI=1S/C13H15ClN2O2/c14-9-12(17)15-13(18)16-8-4-3-6-10-5-1-2-7-11(10)16/h1-2,5,7H,3-4,6,8-9H2,(H,15,17,18). The van der Waals surface area contributed by atoms with Crippen LogP contribution in [0.1, 0.15) is 18.4 Å². The van der Waals surface area contributed by atoms with Crippen LogP contribution in [0.5, 0.6) is 0 Å². The van der Waals surface area contributed by atoms with Gasteiger partial charge < -0.3 is 0 Å². The summed E-state index contributed by atoms with van der Waals surface area (Å²) in [5, 5.41) is 2.28. The van der Waals surface area contributed by atoms with Gasteiger partial charge in [0.15, 0.2) is 0 Å². The van der Waals surface area contributed by atoms with Crippen LogP contribution in [0.2, 0.25) is 0 Å². The Hall–Kier alpha value is -1.55. The van der Waals surface area contributed by atoms with E-state index in [4.69, 9.17) is 11.6 Å². The highest BCUT2D eigenvalue weighted by Gasteiger charge is 2.21. The lowest BCUT2D eigenvalue weighted by Crippen LogP contribution is -2.44. The van der Waals surface area contributed by atoms with Crippen molar-refractivity contribution in [2.75, 3.05) is 17.3 Å². The first-order valence-corrected chi connectivity index (χ1v) is 6.51. The summed E-state index contributed by atoms with van der Waals surface area (Å²) < 4.78 is 0. The van der Waals surface area contributed by atoms with Crippen molar-refractivity contribution in [1.82, 2.24) is 5.32 Å². The fourth-order valence-electron chi connectivity index (χ4n) is 2.12. The normalized spacial score (nSPS) is 14.6. The molecule has 3 amide bonds. The molecule has 1 aliphatic heterocycles. The summed E-state index contributed by atoms with van der Waals surface area (Å²) in [4.78, 5) is 24.8. The van der Waals surface area contributed by atoms with E-state index in [2.05, 4.69) is 5.32 Å². The van der Waals surface area contributed by atoms with Gasteiger partial charge in [0, 0.05) is 12.2 Å². The van der Waals surface area contributed by atoms with Crippen LogP contribution >= 0.6 is 11.6 Å². The lowest BCUT2D eigenvalue weighted by atomic mass is 10.1. The van der Waals surface area contributed by atoms with Gasteiger partial charge in [-0.15, -0.1) is 11.6 Å². The van der Waals surface area contributed by atoms with Gasteiger partial charge in [-0.05, 0) is 30.9 Å². The second-order valence-electron chi connectivity index (χ2n) is 4.22. The molecule has 1 N–H and O–H groups in total. The molecule has 0 saturated carbocycles. The summed E-state index contributed by atoms with van der Waals surface area (Å²) >= 11 is 5.38. The van der Waals surface area contributed by atoms with Gasteiger partial charge in [-0.3, -0.25) is 15.0 Å². The number of nitrogens with zero attached hydrogens (tertiary/aromatic N) is 1. The van der Waals surface area contributed by atoms with E-state index in [1.807, 2.05) is 24.3 Å². The monoisotopic (exact) mass is 266 g/mol. The molecule has 0 unspecified atom stereocenters. The van der Waals surface area contributed by atoms with E-state index in [0.29, 0.717) is 6.54 Å². The molecule has 0 radical (unpaired) electrons. The minimum absolute atomic E-state index is 0.207. The largest absolute Gasteiger partial charge is 0.328 e. The maximum absolute atomic E-state index is 12.0. The minimum atomic E-state index is -0.469. The van der Waals surface area contributed by atoms with Crippen LogP contribution in [-0.2, 0) is 11.2 Å². The highest BCUT2D eigenvalue weighted by molar-refractivity contribution is 6.28. The average molecular weight is 267 g/mol. The number of fused-ring (bicyclic) bond motifs is 1. The number of rotatable bonds is 1. The molecule has 0 aliphatic carbocycles. The summed E-state index contributed by atoms with van der Waals surface area (Å²) in [5.41, 5.74) is 2.03. The van der Waals surface area contributed by atoms with Crippen LogP contribution < -0.4 is 10.2 Å². The number of urea groups is 1. The lowest BCUT2D eigenvalue weighted by Gasteiger charge is -2.22. The Morgan fingerprint density at radius 2 is 2.06 bits per heavy atom. The van der Waals surface area contributed by atoms with E-state index < -0.39 is 11.9 Å². The third-order valence-corrected chi connectivity index (χ3v) is 3.22. The Bertz CT molecular complexity index is 462. The van der Waals surface area contributed by atoms with Crippen molar-refractivity contribution < 1.29 is 9.59 Å². The average Bonchev–Trinajstić information content (AvgIpc) is 2.60. The van der Waals surface area contributed by atoms with E-state index in [1.54, 1.807) is 4.90 Å². The van der Waals surface area contributed by atoms with Crippen molar-refractivity contribution in [2.45, 2.75) is 19.3 Å². The van der Waals surface area contributed by atoms with Crippen LogP contribution in [0, 0.1) is 0 Å². The Morgan fingerprint density at radius 1 is 1.28 bits per heavy atom. The number of hydrogen-bond donors (Lipinski definition) is 1. The van der Waals surface area contributed by atoms with Crippen molar-refractivity contribution in [2.24, 2.45) is 0 Å². The van der Waals surface area contributed by atoms with Gasteiger partial charge >= 0.3 is 6.03 Å². The van der Waals surface area contributed by atoms with Gasteiger partial charge in [-0.2, -0.15) is 0 Å². The molecular weight excluding hydrogens is 252 g/mol. The highest BCUT2D eigenvalue weighted by atomic mass is 35.5. The summed E-state index contributed by atoms with van der Waals surface area (Å²) in [6.45, 7) is 0.623. The number of carbonyl (C=O) groups is 2. The number of nitrogens with one attached hydrogen (secondary N) is 1. The number of amides is 3. The van der Waals surface area contributed by atoms with E-state index in [9.17, 15) is 9.59 Å². The first-order chi connectivity index (χ1) is 8.72. The summed E-state index contributed by atoms with van der Waals surface area (Å²) in [6.07, 6.45) is 2.94. The fourth-order valence-corrected chi connectivity index (χ4v) is 2.19. The molecule has 0 aromatic heterocycles. The molecule has 0 bridgehead atoms. The van der Waals surface area contributed by atoms with Crippen LogP contribution in [-0.4, -0.2) is 24.4 Å². The molecular formula is C13H15ClN2O2. The smallest absolute Gasteiger partial charge is 0.294 e. The van der Waals surface area contributed by atoms with E-state index in [0.717, 1.165) is 30.5 Å². The maximum atomic E-state index is 12.0. The van der Waals surface area contributed by atoms with Crippen molar-refractivity contribution >= 4 is 29.2 Å². The second-order valence-corrected chi connectivity index (χ2v) is 4.49. The Morgan fingerprint density at radius 3 is 2.83 bits per heavy atom. The van der Waals surface area contributed by atoms with Gasteiger partial charge in [0.1, 0.15) is 5.88 Å². The molecule has 18 heavy (non-hydrogen) atoms. The maximum Gasteiger partial charge on any atom is 0.328 e. The molecule has 1 aromatic rings. The molecule has 4 nitrogen and oxygen atoms in total. The highest BCUT2D eigenvalue weighted by Crippen LogP contribution is 2.25. The molecule has 5 heteroatoms. The van der Waals surface area contributed by atoms with Crippen LogP contribution in [0.15, 0.2) is 24.3 Å². The second kappa shape index (κ2) is 5.87. The minimum Gasteiger partial charge on any atom is -0.294 e. The van der Waals surface area contributed by atoms with Gasteiger partial charge in [0.2, 0.25) is 5.91 Å². The first kappa shape index (κ1) is 12.9. The molecule has 1 aliphatic rings. The summed E-state index contributed by atoms with van der Waals surface area (Å²) in [6, 6.07) is 7.39. The van der Waals surface area contributed by atoms with Crippen molar-refractivity contribution in [1.29, 1.82) is 0 Å². The quantitative estimate of drug-likeness (QED) is 0.793. The first-order valence-electron chi connectivity index (χ1n) is 5.97. The molecule has 0 fully saturated rings. The molecule has 1 heterocycles. The number of halogens is 1. The lowest BCUT2D eigenvalue weighted by molar-refractivity contribution is -0.117. The van der Waals surface area contributed by atoms with Gasteiger partial charge in [-0.1, -0.05) is 18.2 Å². The van der Waals surface area contributed by atoms with E-state index >= 15 is 0 Å². The predicted molar refractivity (Wildman–Crippen MR) is 71.0 cm³/mol. The van der Waals surface area contributed by atoms with Gasteiger partial charge in [0.25, 0.3) is 0 Å². The number of anilines is 1. The third kappa shape index (κ3) is 2.82. The molecule has 0 saturated heterocycles. The summed E-state index contributed by atoms with van der Waals surface area (Å²) in [7, 11) is 0. The van der Waals surface area contributed by atoms with Gasteiger partial charge in [-0.25, -0.2) is 4.79 Å². The van der Waals surface area contributed by atoms with Crippen LogP contribution in [0.4, 0.5) is 10.5 Å². The van der Waals surface area contributed by atoms with E-state index in [1.165, 1.54) is 0 Å². The number of para-hydroxylation sites is 1.